The van der Waals surface area contributed by atoms with E-state index in [1.54, 1.807) is 7.05 Å². The molecule has 4 heteroatoms. The Bertz CT molecular complexity index is 241. The molecule has 0 unspecified atom stereocenters. The van der Waals surface area contributed by atoms with Crippen LogP contribution in [0.15, 0.2) is 11.6 Å². The lowest BCUT2D eigenvalue weighted by molar-refractivity contribution is 0.0317. The molecule has 0 atom stereocenters. The second-order valence-corrected chi connectivity index (χ2v) is 4.62. The Hall–Kier alpha value is -1.03. The molecule has 0 aliphatic heterocycles. The number of ether oxygens (including phenoxy) is 1. The molecular formula is C11H22N2O2. The van der Waals surface area contributed by atoms with Crippen molar-refractivity contribution >= 4 is 6.09 Å². The summed E-state index contributed by atoms with van der Waals surface area (Å²) in [4.78, 5) is 13.0. The summed E-state index contributed by atoms with van der Waals surface area (Å²) in [5, 5.41) is 0. The number of hydrogen-bond donors (Lipinski definition) is 1. The van der Waals surface area contributed by atoms with Crippen LogP contribution in [0.25, 0.3) is 0 Å². The molecule has 0 radical (unpaired) electrons. The molecule has 0 aromatic rings. The van der Waals surface area contributed by atoms with Gasteiger partial charge in [-0.1, -0.05) is 11.6 Å². The Morgan fingerprint density at radius 3 is 2.40 bits per heavy atom. The van der Waals surface area contributed by atoms with E-state index in [4.69, 9.17) is 10.5 Å². The summed E-state index contributed by atoms with van der Waals surface area (Å²) in [6.45, 7) is 8.52. The maximum absolute atomic E-state index is 11.5. The van der Waals surface area contributed by atoms with E-state index in [1.165, 1.54) is 4.90 Å². The molecule has 15 heavy (non-hydrogen) atoms. The molecule has 0 aliphatic rings. The van der Waals surface area contributed by atoms with Gasteiger partial charge in [0.15, 0.2) is 0 Å². The summed E-state index contributed by atoms with van der Waals surface area (Å²) < 4.78 is 5.19. The van der Waals surface area contributed by atoms with Gasteiger partial charge < -0.3 is 15.4 Å². The van der Waals surface area contributed by atoms with E-state index in [0.717, 1.165) is 5.57 Å². The van der Waals surface area contributed by atoms with Gasteiger partial charge in [-0.3, -0.25) is 0 Å². The van der Waals surface area contributed by atoms with Gasteiger partial charge in [-0.2, -0.15) is 0 Å². The van der Waals surface area contributed by atoms with Gasteiger partial charge in [-0.15, -0.1) is 0 Å². The molecule has 0 bridgehead atoms. The lowest BCUT2D eigenvalue weighted by Gasteiger charge is -2.24. The Morgan fingerprint density at radius 1 is 1.47 bits per heavy atom. The highest BCUT2D eigenvalue weighted by Gasteiger charge is 2.18. The minimum absolute atomic E-state index is 0.316. The molecule has 0 aromatic carbocycles. The van der Waals surface area contributed by atoms with Crippen LogP contribution in [0.4, 0.5) is 4.79 Å². The fraction of sp³-hybridized carbons (Fsp3) is 0.727. The fourth-order valence-electron chi connectivity index (χ4n) is 0.790. The largest absolute Gasteiger partial charge is 0.444 e. The van der Waals surface area contributed by atoms with Crippen molar-refractivity contribution in [1.82, 2.24) is 4.90 Å². The Kier molecular flexibility index (Phi) is 5.36. The van der Waals surface area contributed by atoms with Gasteiger partial charge in [0.05, 0.1) is 0 Å². The first-order chi connectivity index (χ1) is 6.76. The van der Waals surface area contributed by atoms with Gasteiger partial charge in [0.2, 0.25) is 0 Å². The standard InChI is InChI=1S/C11H22N2O2/c1-9(8-12)6-7-13(5)10(14)15-11(2,3)4/h6H,7-8,12H2,1-5H3/b9-6+. The van der Waals surface area contributed by atoms with Crippen LogP contribution in [-0.4, -0.2) is 36.7 Å². The third-order valence-electron chi connectivity index (χ3n) is 1.74. The lowest BCUT2D eigenvalue weighted by Crippen LogP contribution is -2.34. The van der Waals surface area contributed by atoms with Crippen LogP contribution in [0.3, 0.4) is 0 Å². The van der Waals surface area contributed by atoms with Gasteiger partial charge in [0.25, 0.3) is 0 Å². The van der Waals surface area contributed by atoms with Crippen LogP contribution in [0.2, 0.25) is 0 Å². The van der Waals surface area contributed by atoms with Gasteiger partial charge in [-0.25, -0.2) is 4.79 Å². The van der Waals surface area contributed by atoms with E-state index < -0.39 is 5.60 Å². The van der Waals surface area contributed by atoms with Crippen LogP contribution >= 0.6 is 0 Å². The highest BCUT2D eigenvalue weighted by Crippen LogP contribution is 2.09. The number of amides is 1. The Balaban J connectivity index is 4.11. The van der Waals surface area contributed by atoms with E-state index in [1.807, 2.05) is 33.8 Å². The molecule has 1 amide bonds. The van der Waals surface area contributed by atoms with E-state index in [0.29, 0.717) is 13.1 Å². The van der Waals surface area contributed by atoms with Crippen molar-refractivity contribution < 1.29 is 9.53 Å². The van der Waals surface area contributed by atoms with Crippen molar-refractivity contribution in [1.29, 1.82) is 0 Å². The summed E-state index contributed by atoms with van der Waals surface area (Å²) in [5.74, 6) is 0. The van der Waals surface area contributed by atoms with Gasteiger partial charge in [-0.05, 0) is 27.7 Å². The molecule has 0 heterocycles. The summed E-state index contributed by atoms with van der Waals surface area (Å²) in [7, 11) is 1.70. The Morgan fingerprint density at radius 2 is 2.00 bits per heavy atom. The average Bonchev–Trinajstić information content (AvgIpc) is 2.10. The molecule has 4 nitrogen and oxygen atoms in total. The predicted octanol–water partition coefficient (Wildman–Crippen LogP) is 1.76. The molecule has 0 spiro atoms. The number of nitrogens with two attached hydrogens (primary N) is 1. The molecule has 0 rings (SSSR count). The first-order valence-corrected chi connectivity index (χ1v) is 5.06. The van der Waals surface area contributed by atoms with Crippen molar-refractivity contribution in [2.45, 2.75) is 33.3 Å². The van der Waals surface area contributed by atoms with E-state index in [-0.39, 0.29) is 6.09 Å². The zero-order chi connectivity index (χ0) is 12.1. The number of likely N-dealkylation sites (N-methyl/N-ethyl adjacent to an activating group) is 1. The summed E-state index contributed by atoms with van der Waals surface area (Å²) in [6, 6.07) is 0. The zero-order valence-electron chi connectivity index (χ0n) is 10.3. The number of carbonyl (C=O) groups excluding carboxylic acids is 1. The molecule has 0 saturated heterocycles. The highest BCUT2D eigenvalue weighted by molar-refractivity contribution is 5.67. The van der Waals surface area contributed by atoms with Crippen LogP contribution in [-0.2, 0) is 4.74 Å². The van der Waals surface area contributed by atoms with Crippen molar-refractivity contribution in [3.05, 3.63) is 11.6 Å². The second kappa shape index (κ2) is 5.75. The summed E-state index contributed by atoms with van der Waals surface area (Å²) in [6.07, 6.45) is 1.60. The van der Waals surface area contributed by atoms with Crippen LogP contribution in [0.1, 0.15) is 27.7 Å². The topological polar surface area (TPSA) is 55.6 Å². The predicted molar refractivity (Wildman–Crippen MR) is 61.7 cm³/mol. The first kappa shape index (κ1) is 14.0. The van der Waals surface area contributed by atoms with E-state index >= 15 is 0 Å². The number of carbonyl (C=O) groups is 1. The van der Waals surface area contributed by atoms with Crippen molar-refractivity contribution in [3.63, 3.8) is 0 Å². The van der Waals surface area contributed by atoms with Gasteiger partial charge in [0, 0.05) is 20.1 Å². The Labute approximate surface area is 92.1 Å². The molecule has 2 N–H and O–H groups in total. The molecule has 0 aromatic heterocycles. The maximum Gasteiger partial charge on any atom is 0.410 e. The molecule has 88 valence electrons. The molecular weight excluding hydrogens is 192 g/mol. The molecule has 0 fully saturated rings. The van der Waals surface area contributed by atoms with Crippen molar-refractivity contribution in [2.24, 2.45) is 5.73 Å². The number of hydrogen-bond acceptors (Lipinski definition) is 3. The van der Waals surface area contributed by atoms with E-state index in [9.17, 15) is 4.79 Å². The quantitative estimate of drug-likeness (QED) is 0.728. The minimum atomic E-state index is -0.446. The molecule has 0 saturated carbocycles. The second-order valence-electron chi connectivity index (χ2n) is 4.62. The van der Waals surface area contributed by atoms with Crippen LogP contribution in [0, 0.1) is 0 Å². The van der Waals surface area contributed by atoms with Crippen LogP contribution in [0.5, 0.6) is 0 Å². The smallest absolute Gasteiger partial charge is 0.410 e. The average molecular weight is 214 g/mol. The normalized spacial score (nSPS) is 12.5. The minimum Gasteiger partial charge on any atom is -0.444 e. The third-order valence-corrected chi connectivity index (χ3v) is 1.74. The SMILES string of the molecule is C/C(=C\CN(C)C(=O)OC(C)(C)C)CN. The third kappa shape index (κ3) is 6.96. The monoisotopic (exact) mass is 214 g/mol. The van der Waals surface area contributed by atoms with E-state index in [2.05, 4.69) is 0 Å². The zero-order valence-corrected chi connectivity index (χ0v) is 10.3. The highest BCUT2D eigenvalue weighted by atomic mass is 16.6. The van der Waals surface area contributed by atoms with Crippen molar-refractivity contribution in [3.8, 4) is 0 Å². The summed E-state index contributed by atoms with van der Waals surface area (Å²) in [5.41, 5.74) is 6.05. The number of nitrogens with zero attached hydrogens (tertiary/aromatic N) is 1. The lowest BCUT2D eigenvalue weighted by atomic mass is 10.2. The first-order valence-electron chi connectivity index (χ1n) is 5.06. The fourth-order valence-corrected chi connectivity index (χ4v) is 0.790. The number of rotatable bonds is 3. The van der Waals surface area contributed by atoms with Gasteiger partial charge in [0.1, 0.15) is 5.60 Å². The van der Waals surface area contributed by atoms with Gasteiger partial charge >= 0.3 is 6.09 Å². The molecule has 0 aliphatic carbocycles. The van der Waals surface area contributed by atoms with Crippen LogP contribution < -0.4 is 5.73 Å². The maximum atomic E-state index is 11.5. The summed E-state index contributed by atoms with van der Waals surface area (Å²) >= 11 is 0. The van der Waals surface area contributed by atoms with Crippen molar-refractivity contribution in [2.75, 3.05) is 20.1 Å².